The second-order valence-electron chi connectivity index (χ2n) is 8.01. The van der Waals surface area contributed by atoms with E-state index < -0.39 is 27.0 Å². The highest BCUT2D eigenvalue weighted by atomic mass is 32.2. The molecule has 0 aliphatic carbocycles. The van der Waals surface area contributed by atoms with Crippen molar-refractivity contribution in [2.24, 2.45) is 0 Å². The van der Waals surface area contributed by atoms with Crippen LogP contribution in [0.2, 0.25) is 0 Å². The number of carbonyl (C=O) groups is 2. The van der Waals surface area contributed by atoms with Crippen LogP contribution in [0.5, 0.6) is 0 Å². The molecule has 0 radical (unpaired) electrons. The largest absolute Gasteiger partial charge is 0.453 e. The van der Waals surface area contributed by atoms with Crippen LogP contribution in [0.4, 0.5) is 14.9 Å². The van der Waals surface area contributed by atoms with Crippen molar-refractivity contribution < 1.29 is 27.1 Å². The lowest BCUT2D eigenvalue weighted by Gasteiger charge is -2.22. The van der Waals surface area contributed by atoms with Crippen LogP contribution in [0.25, 0.3) is 0 Å². The minimum Gasteiger partial charge on any atom is -0.453 e. The van der Waals surface area contributed by atoms with E-state index in [1.165, 1.54) is 40.0 Å². The standard InChI is InChI=1S/C23H30FN3O5S/c1-16(2)33(30,31)26-15-23(3,24)19-9-11-20(12-10-19)27-21(28)18-7-5-17(6-8-18)13-14-25-22(29)32-4/h5-12,16,26H,13-15H2,1-4H3,(H,25,29)(H,27,28). The maximum Gasteiger partial charge on any atom is 0.406 e. The van der Waals surface area contributed by atoms with Crippen LogP contribution in [-0.2, 0) is 26.8 Å². The Morgan fingerprint density at radius 2 is 1.67 bits per heavy atom. The summed E-state index contributed by atoms with van der Waals surface area (Å²) < 4.78 is 45.6. The fourth-order valence-corrected chi connectivity index (χ4v) is 3.62. The molecule has 0 heterocycles. The number of sulfonamides is 1. The van der Waals surface area contributed by atoms with Crippen molar-refractivity contribution in [2.75, 3.05) is 25.5 Å². The number of ether oxygens (including phenoxy) is 1. The summed E-state index contributed by atoms with van der Waals surface area (Å²) in [6, 6.07) is 13.1. The van der Waals surface area contributed by atoms with E-state index in [4.69, 9.17) is 0 Å². The van der Waals surface area contributed by atoms with Gasteiger partial charge in [-0.2, -0.15) is 0 Å². The van der Waals surface area contributed by atoms with Gasteiger partial charge in [0.2, 0.25) is 10.0 Å². The molecule has 0 fully saturated rings. The molecule has 0 saturated heterocycles. The Hall–Kier alpha value is -2.98. The summed E-state index contributed by atoms with van der Waals surface area (Å²) in [6.45, 7) is 4.36. The van der Waals surface area contributed by atoms with Gasteiger partial charge in [-0.1, -0.05) is 24.3 Å². The van der Waals surface area contributed by atoms with E-state index in [0.29, 0.717) is 24.2 Å². The number of nitrogens with one attached hydrogen (secondary N) is 3. The van der Waals surface area contributed by atoms with Gasteiger partial charge in [0.1, 0.15) is 5.67 Å². The fourth-order valence-electron chi connectivity index (χ4n) is 2.81. The SMILES string of the molecule is COC(=O)NCCc1ccc(C(=O)Nc2ccc(C(C)(F)CNS(=O)(=O)C(C)C)cc2)cc1. The Kier molecular flexibility index (Phi) is 8.95. The maximum atomic E-state index is 15.0. The molecule has 2 aromatic rings. The molecule has 0 aliphatic heterocycles. The van der Waals surface area contributed by atoms with Crippen LogP contribution in [0, 0.1) is 0 Å². The van der Waals surface area contributed by atoms with Crippen LogP contribution in [-0.4, -0.2) is 45.9 Å². The van der Waals surface area contributed by atoms with Gasteiger partial charge in [-0.05, 0) is 62.6 Å². The molecule has 3 N–H and O–H groups in total. The molecular weight excluding hydrogens is 449 g/mol. The summed E-state index contributed by atoms with van der Waals surface area (Å²) in [5.74, 6) is -0.324. The molecule has 33 heavy (non-hydrogen) atoms. The summed E-state index contributed by atoms with van der Waals surface area (Å²) in [4.78, 5) is 23.5. The molecule has 0 aliphatic rings. The molecule has 2 amide bonds. The van der Waals surface area contributed by atoms with Gasteiger partial charge in [0, 0.05) is 24.3 Å². The predicted molar refractivity (Wildman–Crippen MR) is 125 cm³/mol. The predicted octanol–water partition coefficient (Wildman–Crippen LogP) is 3.35. The quantitative estimate of drug-likeness (QED) is 0.484. The number of methoxy groups -OCH3 is 1. The number of benzene rings is 2. The molecule has 0 spiro atoms. The Bertz CT molecular complexity index is 1050. The van der Waals surface area contributed by atoms with Gasteiger partial charge < -0.3 is 15.4 Å². The van der Waals surface area contributed by atoms with E-state index in [-0.39, 0.29) is 18.0 Å². The van der Waals surface area contributed by atoms with Gasteiger partial charge >= 0.3 is 6.09 Å². The molecule has 0 saturated carbocycles. The smallest absolute Gasteiger partial charge is 0.406 e. The molecule has 0 bridgehead atoms. The molecule has 2 rings (SSSR count). The van der Waals surface area contributed by atoms with Crippen LogP contribution in [0.15, 0.2) is 48.5 Å². The van der Waals surface area contributed by atoms with Crippen LogP contribution in [0.3, 0.4) is 0 Å². The van der Waals surface area contributed by atoms with E-state index in [1.54, 1.807) is 36.4 Å². The molecule has 180 valence electrons. The van der Waals surface area contributed by atoms with Crippen molar-refractivity contribution in [1.82, 2.24) is 10.0 Å². The monoisotopic (exact) mass is 479 g/mol. The summed E-state index contributed by atoms with van der Waals surface area (Å²) in [5, 5.41) is 4.68. The number of halogens is 1. The first-order valence-corrected chi connectivity index (χ1v) is 12.0. The van der Waals surface area contributed by atoms with Crippen molar-refractivity contribution in [1.29, 1.82) is 0 Å². The van der Waals surface area contributed by atoms with Gasteiger partial charge in [0.25, 0.3) is 5.91 Å². The van der Waals surface area contributed by atoms with Gasteiger partial charge in [0.15, 0.2) is 0 Å². The molecule has 0 aromatic heterocycles. The van der Waals surface area contributed by atoms with Crippen molar-refractivity contribution in [3.63, 3.8) is 0 Å². The Morgan fingerprint density at radius 1 is 1.06 bits per heavy atom. The molecule has 2 aromatic carbocycles. The van der Waals surface area contributed by atoms with Gasteiger partial charge in [-0.25, -0.2) is 22.3 Å². The summed E-state index contributed by atoms with van der Waals surface area (Å²) >= 11 is 0. The van der Waals surface area contributed by atoms with Crippen molar-refractivity contribution >= 4 is 27.7 Å². The summed E-state index contributed by atoms with van der Waals surface area (Å²) in [5.41, 5.74) is 0.249. The zero-order chi connectivity index (χ0) is 24.6. The second-order valence-corrected chi connectivity index (χ2v) is 10.3. The fraction of sp³-hybridized carbons (Fsp3) is 0.391. The van der Waals surface area contributed by atoms with Crippen molar-refractivity contribution in [2.45, 2.75) is 38.1 Å². The van der Waals surface area contributed by atoms with Crippen LogP contribution >= 0.6 is 0 Å². The number of amides is 2. The van der Waals surface area contributed by atoms with E-state index in [0.717, 1.165) is 5.56 Å². The first-order valence-electron chi connectivity index (χ1n) is 10.4. The third-order valence-corrected chi connectivity index (χ3v) is 6.84. The highest BCUT2D eigenvalue weighted by molar-refractivity contribution is 7.90. The lowest BCUT2D eigenvalue weighted by Crippen LogP contribution is -2.39. The van der Waals surface area contributed by atoms with Crippen LogP contribution < -0.4 is 15.4 Å². The highest BCUT2D eigenvalue weighted by Gasteiger charge is 2.29. The average molecular weight is 480 g/mol. The number of hydrogen-bond acceptors (Lipinski definition) is 5. The van der Waals surface area contributed by atoms with E-state index in [9.17, 15) is 18.0 Å². The minimum absolute atomic E-state index is 0.289. The van der Waals surface area contributed by atoms with Gasteiger partial charge in [-0.3, -0.25) is 4.79 Å². The summed E-state index contributed by atoms with van der Waals surface area (Å²) in [7, 11) is -2.28. The van der Waals surface area contributed by atoms with Crippen LogP contribution in [0.1, 0.15) is 42.3 Å². The lowest BCUT2D eigenvalue weighted by atomic mass is 9.98. The third kappa shape index (κ3) is 7.83. The van der Waals surface area contributed by atoms with Gasteiger partial charge in [0.05, 0.1) is 12.4 Å². The zero-order valence-corrected chi connectivity index (χ0v) is 20.0. The number of anilines is 1. The summed E-state index contributed by atoms with van der Waals surface area (Å²) in [6.07, 6.45) is 0.0929. The maximum absolute atomic E-state index is 15.0. The number of rotatable bonds is 10. The number of alkyl carbamates (subject to hydrolysis) is 1. The van der Waals surface area contributed by atoms with Crippen molar-refractivity contribution in [3.8, 4) is 0 Å². The first kappa shape index (κ1) is 26.3. The molecular formula is C23H30FN3O5S. The number of hydrogen-bond donors (Lipinski definition) is 3. The number of alkyl halides is 1. The topological polar surface area (TPSA) is 114 Å². The third-order valence-electron chi connectivity index (χ3n) is 5.06. The molecule has 1 unspecified atom stereocenters. The average Bonchev–Trinajstić information content (AvgIpc) is 2.78. The van der Waals surface area contributed by atoms with E-state index in [2.05, 4.69) is 20.1 Å². The molecule has 1 atom stereocenters. The second kappa shape index (κ2) is 11.2. The highest BCUT2D eigenvalue weighted by Crippen LogP contribution is 2.26. The Morgan fingerprint density at radius 3 is 2.21 bits per heavy atom. The Labute approximate surface area is 194 Å². The van der Waals surface area contributed by atoms with E-state index in [1.807, 2.05) is 0 Å². The number of carbonyl (C=O) groups excluding carboxylic acids is 2. The first-order chi connectivity index (χ1) is 15.4. The normalized spacial score (nSPS) is 13.3. The Balaban J connectivity index is 1.94. The van der Waals surface area contributed by atoms with Gasteiger partial charge in [-0.15, -0.1) is 0 Å². The van der Waals surface area contributed by atoms with Crippen molar-refractivity contribution in [3.05, 3.63) is 65.2 Å². The minimum atomic E-state index is -3.58. The van der Waals surface area contributed by atoms with E-state index >= 15 is 4.39 Å². The lowest BCUT2D eigenvalue weighted by molar-refractivity contribution is 0.102. The molecule has 10 heteroatoms. The molecule has 8 nitrogen and oxygen atoms in total. The zero-order valence-electron chi connectivity index (χ0n) is 19.1.